The van der Waals surface area contributed by atoms with Gasteiger partial charge in [-0.15, -0.1) is 0 Å². The Morgan fingerprint density at radius 2 is 0.792 bits per heavy atom. The van der Waals surface area contributed by atoms with Gasteiger partial charge >= 0.3 is 0 Å². The highest BCUT2D eigenvalue weighted by molar-refractivity contribution is 6.72. The molecule has 34 rings (SSSR count). The minimum atomic E-state index is -0.0130. The Balaban J connectivity index is 0.00000163. The molecule has 2 saturated heterocycles. The lowest BCUT2D eigenvalue weighted by molar-refractivity contribution is -0.881. The highest BCUT2D eigenvalue weighted by Crippen LogP contribution is 2.95. The van der Waals surface area contributed by atoms with Crippen LogP contribution in [0.25, 0.3) is 189 Å². The summed E-state index contributed by atoms with van der Waals surface area (Å²) in [5.41, 5.74) is 36.8. The van der Waals surface area contributed by atoms with E-state index in [9.17, 15) is 0 Å². The molecule has 2 heterocycles. The summed E-state index contributed by atoms with van der Waals surface area (Å²) < 4.78 is 2.29. The zero-order valence-electron chi connectivity index (χ0n) is 38.9. The van der Waals surface area contributed by atoms with E-state index in [1.807, 2.05) is 159 Å². The van der Waals surface area contributed by atoms with E-state index in [1.165, 1.54) is 26.2 Å². The van der Waals surface area contributed by atoms with Crippen LogP contribution in [0.15, 0.2) is 0 Å². The molecule has 10 unspecified atom stereocenters. The third-order valence-corrected chi connectivity index (χ3v) is 29.1. The number of rotatable bonds is 0. The smallest absolute Gasteiger partial charge is 0.0934 e. The minimum absolute atomic E-state index is 0. The molecule has 72 heavy (non-hydrogen) atoms. The van der Waals surface area contributed by atoms with Gasteiger partial charge in [0, 0.05) is 35.5 Å². The van der Waals surface area contributed by atoms with E-state index in [4.69, 9.17) is 0 Å². The molecule has 17 aliphatic rings. The summed E-state index contributed by atoms with van der Waals surface area (Å²) in [4.78, 5) is 0. The lowest BCUT2D eigenvalue weighted by atomic mass is 9.42. The first kappa shape index (κ1) is 30.9. The van der Waals surface area contributed by atoms with E-state index in [2.05, 4.69) is 28.2 Å². The van der Waals surface area contributed by atoms with Crippen LogP contribution in [0.1, 0.15) is 113 Å². The van der Waals surface area contributed by atoms with Gasteiger partial charge in [0.25, 0.3) is 0 Å². The molecule has 10 atom stereocenters. The van der Waals surface area contributed by atoms with E-state index >= 15 is 0 Å². The molecule has 0 aromatic heterocycles. The summed E-state index contributed by atoms with van der Waals surface area (Å²) in [5.74, 6) is 2.96. The van der Waals surface area contributed by atoms with Crippen molar-refractivity contribution in [1.29, 1.82) is 0 Å². The number of allylic oxidation sites excluding steroid dienone is 1. The summed E-state index contributed by atoms with van der Waals surface area (Å²) in [6.45, 7) is 5.13. The normalized spacial score (nSPS) is 37.1. The van der Waals surface area contributed by atoms with Crippen LogP contribution in [0.4, 0.5) is 0 Å². The van der Waals surface area contributed by atoms with Crippen LogP contribution in [0.5, 0.6) is 0 Å². The topological polar surface area (TPSA) is 0 Å². The van der Waals surface area contributed by atoms with Crippen molar-refractivity contribution < 1.29 is 56.9 Å². The Bertz CT molecular complexity index is 6490. The van der Waals surface area contributed by atoms with Crippen molar-refractivity contribution in [2.75, 3.05) is 54.4 Å². The first-order valence-corrected chi connectivity index (χ1v) is 27.7. The van der Waals surface area contributed by atoms with Gasteiger partial charge in [-0.25, -0.2) is 0 Å². The van der Waals surface area contributed by atoms with E-state index in [1.54, 1.807) is 113 Å². The van der Waals surface area contributed by atoms with Crippen LogP contribution in [0.3, 0.4) is 0 Å². The lowest BCUT2D eigenvalue weighted by Gasteiger charge is -2.56. The van der Waals surface area contributed by atoms with Crippen molar-refractivity contribution >= 4 is 178 Å². The molecule has 0 saturated carbocycles. The van der Waals surface area contributed by atoms with Gasteiger partial charge < -0.3 is 56.9 Å². The largest absolute Gasteiger partial charge is 1.00 e. The van der Waals surface area contributed by atoms with Gasteiger partial charge in [0.05, 0.1) is 76.0 Å². The molecule has 0 N–H and O–H groups in total. The Morgan fingerprint density at radius 1 is 0.306 bits per heavy atom. The fourth-order valence-electron chi connectivity index (χ4n) is 30.6. The third-order valence-electron chi connectivity index (χ3n) is 29.1. The maximum absolute atomic E-state index is 2.73. The van der Waals surface area contributed by atoms with Crippen LogP contribution in [-0.4, -0.2) is 63.3 Å². The van der Waals surface area contributed by atoms with E-state index in [0.29, 0.717) is 35.5 Å². The van der Waals surface area contributed by atoms with E-state index in [0.717, 1.165) is 8.97 Å². The summed E-state index contributed by atoms with van der Waals surface area (Å²) in [6.07, 6.45) is 0. The SMILES string of the molecule is C[N+]1(C)CC23c4c5c6c7c8c9c%10c%11c%12c%13c%14c%15c%16c%17c%18c%19c%20c(c2c2c4c4c6c6c8c%10c8c%12c%10c%14c(c%15%19)c%12c%20c2c2c4c6c8c%10c%122)C%18C2c4c6c8c%10c(c4-%17)C%16C%13C%114C[N+](C)(C)CC%104C=9C8C7C5=C6C23C1.[I-].[I-]. The van der Waals surface area contributed by atoms with Gasteiger partial charge in [-0.05, 0) is 273 Å². The van der Waals surface area contributed by atoms with Crippen molar-refractivity contribution in [2.24, 2.45) is 5.41 Å². The van der Waals surface area contributed by atoms with Gasteiger partial charge in [-0.1, -0.05) is 0 Å². The van der Waals surface area contributed by atoms with Crippen molar-refractivity contribution in [3.63, 3.8) is 0 Å². The number of quaternary nitrogens is 2. The number of nitrogens with zero attached hydrogens (tertiary/aromatic N) is 2. The number of hydrogen-bond donors (Lipinski definition) is 0. The second kappa shape index (κ2) is 6.74. The maximum Gasteiger partial charge on any atom is 0.0934 e. The molecule has 0 amide bonds. The Morgan fingerprint density at radius 3 is 1.50 bits per heavy atom. The Hall–Kier alpha value is -5.12. The highest BCUT2D eigenvalue weighted by Gasteiger charge is 2.88. The average molecular weight is 1120 g/mol. The minimum Gasteiger partial charge on any atom is -1.00 e. The summed E-state index contributed by atoms with van der Waals surface area (Å²) >= 11 is 0. The van der Waals surface area contributed by atoms with E-state index < -0.39 is 0 Å². The number of hydrogen-bond acceptors (Lipinski definition) is 0. The third kappa shape index (κ3) is 1.62. The molecule has 0 radical (unpaired) electrons. The molecular weight excluding hydrogens is 1100 g/mol. The summed E-state index contributed by atoms with van der Waals surface area (Å²) in [5, 5.41) is 55.2. The molecule has 4 heteroatoms. The number of likely N-dealkylation sites (tertiary alicyclic amines) is 2. The molecule has 15 aliphatic carbocycles. The number of likely N-dealkylation sites (N-methyl/N-ethyl adjacent to an activating group) is 2. The highest BCUT2D eigenvalue weighted by atomic mass is 127. The quantitative estimate of drug-likeness (QED) is 0.0913. The standard InChI is InChI=1S/C68H26N2.2HI/c1-69(2)5-65-57-41-29-17-9-10-14-11-15-23-31(19(11)17)43(41)59(65)49-37(23)28-36-26(15)34-22(14)30-18(10)20-12-13(9)21(29)33-25-16(12)24-32(20)44-42(30)58-46(34)48(36)62-54-39(28)51(49)63-55-53-40-27(35(25)47(45(33)57)61(53)67(63,65)7-69)38(24)50-52(40)64(56(54)55)68(62)8-70(3,4)6-66(58,68)60(44)50;;/h39,47,50,54,60-61H,5-8H2,1-4H3;2*1H/q+2;;/p-2. The summed E-state index contributed by atoms with van der Waals surface area (Å²) in [6, 6.07) is 0. The second-order valence-electron chi connectivity index (χ2n) is 30.3. The molecule has 17 aromatic rings. The molecule has 17 aromatic carbocycles. The summed E-state index contributed by atoms with van der Waals surface area (Å²) in [7, 11) is 10.9. The van der Waals surface area contributed by atoms with Gasteiger partial charge in [0.15, 0.2) is 0 Å². The Kier molecular flexibility index (Phi) is 2.89. The van der Waals surface area contributed by atoms with Gasteiger partial charge in [-0.3, -0.25) is 0 Å². The van der Waals surface area contributed by atoms with Gasteiger partial charge in [-0.2, -0.15) is 0 Å². The molecule has 4 spiro atoms. The van der Waals surface area contributed by atoms with Crippen molar-refractivity contribution in [2.45, 2.75) is 51.8 Å². The van der Waals surface area contributed by atoms with Crippen molar-refractivity contribution in [3.05, 3.63) is 83.1 Å². The van der Waals surface area contributed by atoms with Gasteiger partial charge in [0.1, 0.15) is 0 Å². The number of benzene rings is 12. The first-order valence-electron chi connectivity index (χ1n) is 27.7. The monoisotopic (exact) mass is 1120 g/mol. The van der Waals surface area contributed by atoms with Crippen LogP contribution >= 0.6 is 0 Å². The van der Waals surface area contributed by atoms with Crippen molar-refractivity contribution in [1.82, 2.24) is 0 Å². The first-order chi connectivity index (χ1) is 34.3. The second-order valence-corrected chi connectivity index (χ2v) is 30.3. The molecule has 2 fully saturated rings. The van der Waals surface area contributed by atoms with Crippen LogP contribution in [0, 0.1) is 5.41 Å². The molecule has 2 aliphatic heterocycles. The fraction of sp³-hybridized carbons (Fsp3) is 0.265. The number of halogens is 2. The maximum atomic E-state index is 2.73. The zero-order chi connectivity index (χ0) is 42.2. The lowest BCUT2D eigenvalue weighted by Crippen LogP contribution is -3.00. The van der Waals surface area contributed by atoms with E-state index in [-0.39, 0.29) is 69.6 Å². The van der Waals surface area contributed by atoms with Gasteiger partial charge in [0.2, 0.25) is 0 Å². The van der Waals surface area contributed by atoms with Crippen molar-refractivity contribution in [3.8, 4) is 11.1 Å². The molecule has 0 bridgehead atoms. The van der Waals surface area contributed by atoms with Crippen LogP contribution < -0.4 is 53.2 Å². The fourth-order valence-corrected chi connectivity index (χ4v) is 30.6. The van der Waals surface area contributed by atoms with Crippen LogP contribution in [-0.2, 0) is 16.2 Å². The molecule has 2 nitrogen and oxygen atoms in total. The predicted molar refractivity (Wildman–Crippen MR) is 279 cm³/mol. The average Bonchev–Trinajstić information content (AvgIpc) is 4.20. The molecular formula is C68H26I2N2. The predicted octanol–water partition coefficient (Wildman–Crippen LogP) is 6.61. The Labute approximate surface area is 437 Å². The van der Waals surface area contributed by atoms with Crippen LogP contribution in [0.2, 0.25) is 0 Å². The zero-order valence-corrected chi connectivity index (χ0v) is 43.3. The molecule has 322 valence electrons.